The summed E-state index contributed by atoms with van der Waals surface area (Å²) in [6.45, 7) is 2.38. The van der Waals surface area contributed by atoms with Crippen LogP contribution in [-0.4, -0.2) is 42.2 Å². The lowest BCUT2D eigenvalue weighted by Gasteiger charge is -2.20. The number of aliphatic hydroxyl groups excluding tert-OH is 1. The van der Waals surface area contributed by atoms with Crippen LogP contribution in [0.4, 0.5) is 0 Å². The van der Waals surface area contributed by atoms with Gasteiger partial charge in [0.2, 0.25) is 0 Å². The summed E-state index contributed by atoms with van der Waals surface area (Å²) in [5.74, 6) is 0.971. The highest BCUT2D eigenvalue weighted by Crippen LogP contribution is 2.32. The summed E-state index contributed by atoms with van der Waals surface area (Å²) in [5, 5.41) is 9.80. The Kier molecular flexibility index (Phi) is 4.43. The molecule has 1 aliphatic rings. The van der Waals surface area contributed by atoms with Crippen LogP contribution in [-0.2, 0) is 4.79 Å². The Balaban J connectivity index is 1.76. The summed E-state index contributed by atoms with van der Waals surface area (Å²) in [4.78, 5) is 13.4. The number of hydrogen-bond acceptors (Lipinski definition) is 3. The zero-order valence-corrected chi connectivity index (χ0v) is 11.5. The molecule has 0 spiro atoms. The minimum absolute atomic E-state index is 0.0112. The van der Waals surface area contributed by atoms with Gasteiger partial charge in [-0.15, -0.1) is 0 Å². The summed E-state index contributed by atoms with van der Waals surface area (Å²) in [6.07, 6.45) is 1.75. The first-order valence-corrected chi connectivity index (χ1v) is 6.68. The summed E-state index contributed by atoms with van der Waals surface area (Å²) in [6, 6.07) is 7.61. The summed E-state index contributed by atoms with van der Waals surface area (Å²) >= 11 is 0. The number of carbonyl (C=O) groups excluding carboxylic acids is 1. The first-order chi connectivity index (χ1) is 9.06. The fraction of sp³-hybridized carbons (Fsp3) is 0.533. The molecule has 0 saturated heterocycles. The van der Waals surface area contributed by atoms with Gasteiger partial charge in [0.1, 0.15) is 5.75 Å². The summed E-state index contributed by atoms with van der Waals surface area (Å²) in [7, 11) is 1.70. The molecule has 1 unspecified atom stereocenters. The van der Waals surface area contributed by atoms with Crippen molar-refractivity contribution in [2.75, 3.05) is 20.2 Å². The number of nitrogens with zero attached hydrogens (tertiary/aromatic N) is 1. The Bertz CT molecular complexity index is 443. The van der Waals surface area contributed by atoms with E-state index in [9.17, 15) is 9.90 Å². The van der Waals surface area contributed by atoms with E-state index in [-0.39, 0.29) is 12.5 Å². The molecule has 1 saturated carbocycles. The van der Waals surface area contributed by atoms with Crippen molar-refractivity contribution in [1.82, 2.24) is 4.90 Å². The predicted molar refractivity (Wildman–Crippen MR) is 73.0 cm³/mol. The maximum atomic E-state index is 11.9. The molecule has 104 valence electrons. The quantitative estimate of drug-likeness (QED) is 0.848. The third kappa shape index (κ3) is 4.24. The molecule has 1 atom stereocenters. The SMILES string of the molecule is Cc1cccc(OCC(=O)N(C)CC(O)C2CC2)c1. The van der Waals surface area contributed by atoms with Crippen LogP contribution in [0.2, 0.25) is 0 Å². The molecule has 0 bridgehead atoms. The molecular weight excluding hydrogens is 242 g/mol. The van der Waals surface area contributed by atoms with Crippen LogP contribution >= 0.6 is 0 Å². The van der Waals surface area contributed by atoms with Crippen LogP contribution in [0.25, 0.3) is 0 Å². The van der Waals surface area contributed by atoms with Crippen molar-refractivity contribution in [3.63, 3.8) is 0 Å². The first kappa shape index (κ1) is 13.9. The van der Waals surface area contributed by atoms with Gasteiger partial charge < -0.3 is 14.7 Å². The Morgan fingerprint density at radius 2 is 2.26 bits per heavy atom. The van der Waals surface area contributed by atoms with Gasteiger partial charge in [0.15, 0.2) is 6.61 Å². The van der Waals surface area contributed by atoms with E-state index in [1.165, 1.54) is 0 Å². The molecular formula is C15H21NO3. The van der Waals surface area contributed by atoms with E-state index < -0.39 is 6.10 Å². The number of amides is 1. The van der Waals surface area contributed by atoms with Crippen LogP contribution in [0.1, 0.15) is 18.4 Å². The van der Waals surface area contributed by atoms with Gasteiger partial charge in [-0.3, -0.25) is 4.79 Å². The molecule has 2 rings (SSSR count). The standard InChI is InChI=1S/C15H21NO3/c1-11-4-3-5-13(8-11)19-10-15(18)16(2)9-14(17)12-6-7-12/h3-5,8,12,14,17H,6-7,9-10H2,1-2H3. The average Bonchev–Trinajstić information content (AvgIpc) is 3.20. The van der Waals surface area contributed by atoms with Gasteiger partial charge in [-0.2, -0.15) is 0 Å². The average molecular weight is 263 g/mol. The number of likely N-dealkylation sites (N-methyl/N-ethyl adjacent to an activating group) is 1. The molecule has 1 fully saturated rings. The molecule has 0 aromatic heterocycles. The maximum Gasteiger partial charge on any atom is 0.260 e. The van der Waals surface area contributed by atoms with Crippen molar-refractivity contribution in [3.8, 4) is 5.75 Å². The highest BCUT2D eigenvalue weighted by atomic mass is 16.5. The number of hydrogen-bond donors (Lipinski definition) is 1. The molecule has 1 N–H and O–H groups in total. The van der Waals surface area contributed by atoms with Crippen LogP contribution in [0.3, 0.4) is 0 Å². The van der Waals surface area contributed by atoms with Crippen LogP contribution < -0.4 is 4.74 Å². The van der Waals surface area contributed by atoms with Crippen LogP contribution in [0.5, 0.6) is 5.75 Å². The van der Waals surface area contributed by atoms with Crippen molar-refractivity contribution in [2.45, 2.75) is 25.9 Å². The summed E-state index contributed by atoms with van der Waals surface area (Å²) < 4.78 is 5.45. The lowest BCUT2D eigenvalue weighted by Crippen LogP contribution is -2.37. The Morgan fingerprint density at radius 3 is 2.89 bits per heavy atom. The second kappa shape index (κ2) is 6.06. The van der Waals surface area contributed by atoms with Crippen molar-refractivity contribution >= 4 is 5.91 Å². The van der Waals surface area contributed by atoms with Crippen molar-refractivity contribution in [2.24, 2.45) is 5.92 Å². The third-order valence-corrected chi connectivity index (χ3v) is 3.40. The number of aryl methyl sites for hydroxylation is 1. The molecule has 19 heavy (non-hydrogen) atoms. The molecule has 1 amide bonds. The highest BCUT2D eigenvalue weighted by Gasteiger charge is 2.31. The fourth-order valence-electron chi connectivity index (χ4n) is 1.97. The molecule has 0 heterocycles. The van der Waals surface area contributed by atoms with Crippen LogP contribution in [0.15, 0.2) is 24.3 Å². The Morgan fingerprint density at radius 1 is 1.53 bits per heavy atom. The van der Waals surface area contributed by atoms with E-state index in [2.05, 4.69) is 0 Å². The zero-order chi connectivity index (χ0) is 13.8. The number of benzene rings is 1. The minimum atomic E-state index is -0.395. The third-order valence-electron chi connectivity index (χ3n) is 3.40. The van der Waals surface area contributed by atoms with Gasteiger partial charge in [-0.05, 0) is 43.4 Å². The fourth-order valence-corrected chi connectivity index (χ4v) is 1.97. The van der Waals surface area contributed by atoms with Gasteiger partial charge in [0, 0.05) is 13.6 Å². The van der Waals surface area contributed by atoms with Gasteiger partial charge in [0.05, 0.1) is 6.10 Å². The van der Waals surface area contributed by atoms with Crippen molar-refractivity contribution in [3.05, 3.63) is 29.8 Å². The van der Waals surface area contributed by atoms with Gasteiger partial charge in [0.25, 0.3) is 5.91 Å². The van der Waals surface area contributed by atoms with E-state index >= 15 is 0 Å². The molecule has 1 aromatic rings. The van der Waals surface area contributed by atoms with E-state index in [1.54, 1.807) is 11.9 Å². The highest BCUT2D eigenvalue weighted by molar-refractivity contribution is 5.77. The number of aliphatic hydroxyl groups is 1. The first-order valence-electron chi connectivity index (χ1n) is 6.68. The molecule has 0 aliphatic heterocycles. The summed E-state index contributed by atoms with van der Waals surface area (Å²) in [5.41, 5.74) is 1.10. The lowest BCUT2D eigenvalue weighted by atomic mass is 10.2. The minimum Gasteiger partial charge on any atom is -0.484 e. The molecule has 1 aromatic carbocycles. The molecule has 4 heteroatoms. The van der Waals surface area contributed by atoms with E-state index in [1.807, 2.05) is 31.2 Å². The smallest absolute Gasteiger partial charge is 0.260 e. The largest absolute Gasteiger partial charge is 0.484 e. The van der Waals surface area contributed by atoms with Crippen molar-refractivity contribution < 1.29 is 14.6 Å². The predicted octanol–water partition coefficient (Wildman–Crippen LogP) is 1.60. The van der Waals surface area contributed by atoms with E-state index in [4.69, 9.17) is 4.74 Å². The second-order valence-corrected chi connectivity index (χ2v) is 5.28. The number of rotatable bonds is 6. The molecule has 4 nitrogen and oxygen atoms in total. The Hall–Kier alpha value is -1.55. The van der Waals surface area contributed by atoms with Gasteiger partial charge >= 0.3 is 0 Å². The van der Waals surface area contributed by atoms with E-state index in [0.717, 1.165) is 18.4 Å². The van der Waals surface area contributed by atoms with Crippen molar-refractivity contribution in [1.29, 1.82) is 0 Å². The lowest BCUT2D eigenvalue weighted by molar-refractivity contribution is -0.133. The maximum absolute atomic E-state index is 11.9. The number of ether oxygens (including phenoxy) is 1. The topological polar surface area (TPSA) is 49.8 Å². The molecule has 0 radical (unpaired) electrons. The zero-order valence-electron chi connectivity index (χ0n) is 11.5. The van der Waals surface area contributed by atoms with Crippen LogP contribution in [0, 0.1) is 12.8 Å². The normalized spacial score (nSPS) is 15.9. The monoisotopic (exact) mass is 263 g/mol. The second-order valence-electron chi connectivity index (χ2n) is 5.28. The number of carbonyl (C=O) groups is 1. The van der Waals surface area contributed by atoms with E-state index in [0.29, 0.717) is 18.2 Å². The van der Waals surface area contributed by atoms with Gasteiger partial charge in [-0.1, -0.05) is 12.1 Å². The molecule has 1 aliphatic carbocycles. The Labute approximate surface area is 114 Å². The van der Waals surface area contributed by atoms with Gasteiger partial charge in [-0.25, -0.2) is 0 Å².